The van der Waals surface area contributed by atoms with Crippen molar-refractivity contribution in [3.05, 3.63) is 71.0 Å². The molecule has 32 heavy (non-hydrogen) atoms. The Bertz CT molecular complexity index is 1040. The second-order valence-corrected chi connectivity index (χ2v) is 8.46. The van der Waals surface area contributed by atoms with Crippen LogP contribution in [0.5, 0.6) is 0 Å². The molecule has 1 aromatic heterocycles. The molecule has 0 radical (unpaired) electrons. The normalized spacial score (nSPS) is 16.5. The first kappa shape index (κ1) is 22.3. The topological polar surface area (TPSA) is 50.1 Å². The number of hydrogen-bond acceptors (Lipinski definition) is 5. The molecule has 0 aliphatic carbocycles. The van der Waals surface area contributed by atoms with Crippen molar-refractivity contribution in [2.24, 2.45) is 0 Å². The molecule has 6 nitrogen and oxygen atoms in total. The van der Waals surface area contributed by atoms with Crippen LogP contribution < -0.4 is 4.90 Å². The lowest BCUT2D eigenvalue weighted by Crippen LogP contribution is -2.48. The van der Waals surface area contributed by atoms with Crippen molar-refractivity contribution >= 4 is 5.69 Å². The first-order valence-corrected chi connectivity index (χ1v) is 10.7. The zero-order valence-electron chi connectivity index (χ0n) is 18.4. The van der Waals surface area contributed by atoms with Crippen LogP contribution in [-0.4, -0.2) is 51.3 Å². The predicted octanol–water partition coefficient (Wildman–Crippen LogP) is 4.49. The van der Waals surface area contributed by atoms with Gasteiger partial charge in [-0.15, -0.1) is 5.10 Å². The monoisotopic (exact) mass is 444 g/mol. The number of alkyl halides is 3. The Labute approximate surface area is 185 Å². The molecule has 0 spiro atoms. The number of halogens is 3. The highest BCUT2D eigenvalue weighted by molar-refractivity contribution is 5.49. The second kappa shape index (κ2) is 8.90. The minimum Gasteiger partial charge on any atom is -0.369 e. The van der Waals surface area contributed by atoms with E-state index in [4.69, 9.17) is 0 Å². The van der Waals surface area contributed by atoms with Crippen LogP contribution in [0, 0.1) is 6.92 Å². The highest BCUT2D eigenvalue weighted by atomic mass is 19.4. The standard InChI is InChI=1S/C23H27F3N6/c1-16(2)32-22(27-28-29-32)21(18-9-7-17(3)8-10-18)31-13-11-30(12-14-31)20-6-4-5-19(15-20)23(24,25)26/h4-10,15-16,21H,11-14H2,1-3H3. The molecule has 2 heterocycles. The van der Waals surface area contributed by atoms with Crippen LogP contribution >= 0.6 is 0 Å². The molecule has 1 atom stereocenters. The molecular formula is C23H27F3N6. The van der Waals surface area contributed by atoms with Gasteiger partial charge in [0.1, 0.15) is 0 Å². The Kier molecular flexibility index (Phi) is 6.19. The zero-order chi connectivity index (χ0) is 22.9. The Balaban J connectivity index is 1.58. The van der Waals surface area contributed by atoms with E-state index in [1.54, 1.807) is 6.07 Å². The molecule has 0 bridgehead atoms. The van der Waals surface area contributed by atoms with Gasteiger partial charge in [-0.2, -0.15) is 13.2 Å². The number of tetrazole rings is 1. The van der Waals surface area contributed by atoms with E-state index < -0.39 is 11.7 Å². The molecular weight excluding hydrogens is 417 g/mol. The number of rotatable bonds is 5. The van der Waals surface area contributed by atoms with Gasteiger partial charge in [0, 0.05) is 31.9 Å². The summed E-state index contributed by atoms with van der Waals surface area (Å²) >= 11 is 0. The maximum absolute atomic E-state index is 13.1. The first-order chi connectivity index (χ1) is 15.2. The van der Waals surface area contributed by atoms with Gasteiger partial charge < -0.3 is 4.90 Å². The van der Waals surface area contributed by atoms with E-state index in [1.165, 1.54) is 17.7 Å². The van der Waals surface area contributed by atoms with Crippen LogP contribution in [-0.2, 0) is 6.18 Å². The molecule has 0 saturated carbocycles. The summed E-state index contributed by atoms with van der Waals surface area (Å²) in [4.78, 5) is 4.31. The molecule has 0 amide bonds. The molecule has 1 fully saturated rings. The highest BCUT2D eigenvalue weighted by Crippen LogP contribution is 2.33. The van der Waals surface area contributed by atoms with Crippen LogP contribution in [0.2, 0.25) is 0 Å². The summed E-state index contributed by atoms with van der Waals surface area (Å²) in [7, 11) is 0. The van der Waals surface area contributed by atoms with Gasteiger partial charge in [0.15, 0.2) is 5.82 Å². The van der Waals surface area contributed by atoms with Crippen LogP contribution in [0.4, 0.5) is 18.9 Å². The lowest BCUT2D eigenvalue weighted by Gasteiger charge is -2.40. The number of hydrogen-bond donors (Lipinski definition) is 0. The van der Waals surface area contributed by atoms with Gasteiger partial charge >= 0.3 is 6.18 Å². The quantitative estimate of drug-likeness (QED) is 0.580. The molecule has 1 saturated heterocycles. The molecule has 1 aliphatic rings. The van der Waals surface area contributed by atoms with Crippen molar-refractivity contribution in [3.8, 4) is 0 Å². The number of piperazine rings is 1. The predicted molar refractivity (Wildman–Crippen MR) is 116 cm³/mol. The van der Waals surface area contributed by atoms with E-state index in [0.717, 1.165) is 17.5 Å². The van der Waals surface area contributed by atoms with Crippen molar-refractivity contribution in [2.75, 3.05) is 31.1 Å². The smallest absolute Gasteiger partial charge is 0.369 e. The van der Waals surface area contributed by atoms with Gasteiger partial charge in [0.05, 0.1) is 17.6 Å². The summed E-state index contributed by atoms with van der Waals surface area (Å²) in [6.07, 6.45) is -4.34. The SMILES string of the molecule is Cc1ccc(C(c2nnnn2C(C)C)N2CCN(c3cccc(C(F)(F)F)c3)CC2)cc1. The van der Waals surface area contributed by atoms with E-state index in [9.17, 15) is 13.2 Å². The Morgan fingerprint density at radius 2 is 1.62 bits per heavy atom. The number of aromatic nitrogens is 4. The third-order valence-corrected chi connectivity index (χ3v) is 5.86. The number of benzene rings is 2. The largest absolute Gasteiger partial charge is 0.416 e. The van der Waals surface area contributed by atoms with Crippen LogP contribution in [0.3, 0.4) is 0 Å². The van der Waals surface area contributed by atoms with Gasteiger partial charge in [0.2, 0.25) is 0 Å². The molecule has 4 rings (SSSR count). The minimum absolute atomic E-state index is 0.111. The highest BCUT2D eigenvalue weighted by Gasteiger charge is 2.33. The first-order valence-electron chi connectivity index (χ1n) is 10.7. The molecule has 1 unspecified atom stereocenters. The van der Waals surface area contributed by atoms with Crippen molar-refractivity contribution in [2.45, 2.75) is 39.0 Å². The maximum atomic E-state index is 13.1. The fraction of sp³-hybridized carbons (Fsp3) is 0.435. The third-order valence-electron chi connectivity index (χ3n) is 5.86. The van der Waals surface area contributed by atoms with Crippen molar-refractivity contribution < 1.29 is 13.2 Å². The maximum Gasteiger partial charge on any atom is 0.416 e. The fourth-order valence-corrected chi connectivity index (χ4v) is 4.14. The molecule has 3 aromatic rings. The van der Waals surface area contributed by atoms with Crippen LogP contribution in [0.1, 0.15) is 48.4 Å². The molecule has 1 aliphatic heterocycles. The number of anilines is 1. The Morgan fingerprint density at radius 1 is 0.938 bits per heavy atom. The Hall–Kier alpha value is -2.94. The summed E-state index contributed by atoms with van der Waals surface area (Å²) in [6, 6.07) is 13.9. The van der Waals surface area contributed by atoms with Crippen LogP contribution in [0.25, 0.3) is 0 Å². The summed E-state index contributed by atoms with van der Waals surface area (Å²) < 4.78 is 41.2. The second-order valence-electron chi connectivity index (χ2n) is 8.46. The average Bonchev–Trinajstić information content (AvgIpc) is 3.25. The van der Waals surface area contributed by atoms with Crippen molar-refractivity contribution in [3.63, 3.8) is 0 Å². The molecule has 9 heteroatoms. The lowest BCUT2D eigenvalue weighted by molar-refractivity contribution is -0.137. The van der Waals surface area contributed by atoms with E-state index in [0.29, 0.717) is 31.9 Å². The van der Waals surface area contributed by atoms with E-state index in [-0.39, 0.29) is 12.1 Å². The van der Waals surface area contributed by atoms with Gasteiger partial charge in [-0.25, -0.2) is 4.68 Å². The molecule has 170 valence electrons. The van der Waals surface area contributed by atoms with E-state index in [2.05, 4.69) is 44.7 Å². The summed E-state index contributed by atoms with van der Waals surface area (Å²) in [5.74, 6) is 0.774. The summed E-state index contributed by atoms with van der Waals surface area (Å²) in [6.45, 7) is 8.72. The van der Waals surface area contributed by atoms with E-state index >= 15 is 0 Å². The van der Waals surface area contributed by atoms with Gasteiger partial charge in [-0.1, -0.05) is 35.9 Å². The van der Waals surface area contributed by atoms with Crippen molar-refractivity contribution in [1.29, 1.82) is 0 Å². The summed E-state index contributed by atoms with van der Waals surface area (Å²) in [5, 5.41) is 12.4. The Morgan fingerprint density at radius 3 is 2.25 bits per heavy atom. The molecule has 2 aromatic carbocycles. The van der Waals surface area contributed by atoms with E-state index in [1.807, 2.05) is 30.4 Å². The van der Waals surface area contributed by atoms with Gasteiger partial charge in [-0.3, -0.25) is 4.90 Å². The minimum atomic E-state index is -4.34. The van der Waals surface area contributed by atoms with Crippen LogP contribution in [0.15, 0.2) is 48.5 Å². The lowest BCUT2D eigenvalue weighted by atomic mass is 10.0. The third kappa shape index (κ3) is 4.62. The molecule has 0 N–H and O–H groups in total. The number of aryl methyl sites for hydroxylation is 1. The zero-order valence-corrected chi connectivity index (χ0v) is 18.4. The van der Waals surface area contributed by atoms with Gasteiger partial charge in [-0.05, 0) is 55.0 Å². The fourth-order valence-electron chi connectivity index (χ4n) is 4.14. The van der Waals surface area contributed by atoms with Crippen molar-refractivity contribution in [1.82, 2.24) is 25.1 Å². The number of nitrogens with zero attached hydrogens (tertiary/aromatic N) is 6. The summed E-state index contributed by atoms with van der Waals surface area (Å²) in [5.41, 5.74) is 2.24. The van der Waals surface area contributed by atoms with Gasteiger partial charge in [0.25, 0.3) is 0 Å². The average molecular weight is 445 g/mol.